The normalized spacial score (nSPS) is 16.4. The van der Waals surface area contributed by atoms with Gasteiger partial charge in [0.2, 0.25) is 5.95 Å². The van der Waals surface area contributed by atoms with Crippen molar-refractivity contribution >= 4 is 17.3 Å². The third kappa shape index (κ3) is 2.77. The topological polar surface area (TPSA) is 41.1 Å². The maximum atomic E-state index is 4.74. The Morgan fingerprint density at radius 1 is 1.26 bits per heavy atom. The summed E-state index contributed by atoms with van der Waals surface area (Å²) in [5, 5.41) is 5.52. The zero-order chi connectivity index (χ0) is 13.1. The standard InChI is InChI=1S/C14H18N4S/c1-11-4-10-19-13(11)12-3-6-16-14(17-12)18-8-2-5-15-7-9-18/h3-4,6,10,15H,2,5,7-9H2,1H3. The van der Waals surface area contributed by atoms with Gasteiger partial charge in [0.25, 0.3) is 0 Å². The summed E-state index contributed by atoms with van der Waals surface area (Å²) in [5.41, 5.74) is 2.32. The molecule has 0 unspecified atom stereocenters. The van der Waals surface area contributed by atoms with E-state index in [0.717, 1.165) is 44.2 Å². The zero-order valence-electron chi connectivity index (χ0n) is 11.1. The van der Waals surface area contributed by atoms with Gasteiger partial charge < -0.3 is 10.2 Å². The molecule has 1 saturated heterocycles. The van der Waals surface area contributed by atoms with E-state index in [1.54, 1.807) is 11.3 Å². The molecule has 19 heavy (non-hydrogen) atoms. The predicted molar refractivity (Wildman–Crippen MR) is 79.8 cm³/mol. The molecule has 0 bridgehead atoms. The first kappa shape index (κ1) is 12.6. The highest BCUT2D eigenvalue weighted by Gasteiger charge is 2.13. The zero-order valence-corrected chi connectivity index (χ0v) is 11.9. The third-order valence-corrected chi connectivity index (χ3v) is 4.40. The van der Waals surface area contributed by atoms with Gasteiger partial charge in [0.05, 0.1) is 10.6 Å². The van der Waals surface area contributed by atoms with E-state index < -0.39 is 0 Å². The molecule has 0 radical (unpaired) electrons. The number of aromatic nitrogens is 2. The first-order chi connectivity index (χ1) is 9.34. The molecule has 0 spiro atoms. The minimum atomic E-state index is 0.856. The molecule has 5 heteroatoms. The van der Waals surface area contributed by atoms with Crippen molar-refractivity contribution in [3.63, 3.8) is 0 Å². The quantitative estimate of drug-likeness (QED) is 0.912. The molecule has 1 aliphatic heterocycles. The fourth-order valence-corrected chi connectivity index (χ4v) is 3.20. The first-order valence-electron chi connectivity index (χ1n) is 6.68. The Hall–Kier alpha value is -1.46. The van der Waals surface area contributed by atoms with Gasteiger partial charge >= 0.3 is 0 Å². The van der Waals surface area contributed by atoms with Crippen LogP contribution >= 0.6 is 11.3 Å². The summed E-state index contributed by atoms with van der Waals surface area (Å²) in [4.78, 5) is 12.7. The molecule has 3 rings (SSSR count). The highest BCUT2D eigenvalue weighted by Crippen LogP contribution is 2.28. The van der Waals surface area contributed by atoms with E-state index >= 15 is 0 Å². The Kier molecular flexibility index (Phi) is 3.75. The molecular formula is C14H18N4S. The van der Waals surface area contributed by atoms with Crippen molar-refractivity contribution in [2.45, 2.75) is 13.3 Å². The highest BCUT2D eigenvalue weighted by molar-refractivity contribution is 7.13. The van der Waals surface area contributed by atoms with Gasteiger partial charge in [0.15, 0.2) is 0 Å². The molecule has 2 aromatic rings. The van der Waals surface area contributed by atoms with E-state index in [4.69, 9.17) is 4.98 Å². The molecular weight excluding hydrogens is 256 g/mol. The van der Waals surface area contributed by atoms with Gasteiger partial charge in [-0.3, -0.25) is 0 Å². The Bertz CT molecular complexity index is 544. The Balaban J connectivity index is 1.89. The number of rotatable bonds is 2. The Morgan fingerprint density at radius 2 is 2.21 bits per heavy atom. The number of nitrogens with zero attached hydrogens (tertiary/aromatic N) is 3. The second-order valence-corrected chi connectivity index (χ2v) is 5.68. The van der Waals surface area contributed by atoms with Crippen LogP contribution < -0.4 is 10.2 Å². The fraction of sp³-hybridized carbons (Fsp3) is 0.429. The molecule has 1 N–H and O–H groups in total. The van der Waals surface area contributed by atoms with Gasteiger partial charge in [0, 0.05) is 25.8 Å². The van der Waals surface area contributed by atoms with Crippen molar-refractivity contribution in [2.75, 3.05) is 31.1 Å². The molecule has 1 aliphatic rings. The van der Waals surface area contributed by atoms with Crippen molar-refractivity contribution in [1.82, 2.24) is 15.3 Å². The van der Waals surface area contributed by atoms with E-state index in [1.807, 2.05) is 12.3 Å². The summed E-state index contributed by atoms with van der Waals surface area (Å²) in [5.74, 6) is 0.856. The van der Waals surface area contributed by atoms with Crippen LogP contribution in [-0.4, -0.2) is 36.1 Å². The van der Waals surface area contributed by atoms with Gasteiger partial charge in [-0.25, -0.2) is 9.97 Å². The molecule has 2 aromatic heterocycles. The summed E-state index contributed by atoms with van der Waals surface area (Å²) in [7, 11) is 0. The smallest absolute Gasteiger partial charge is 0.225 e. The van der Waals surface area contributed by atoms with Crippen LogP contribution in [0.2, 0.25) is 0 Å². The van der Waals surface area contributed by atoms with Crippen LogP contribution in [0.3, 0.4) is 0 Å². The summed E-state index contributed by atoms with van der Waals surface area (Å²) >= 11 is 1.74. The lowest BCUT2D eigenvalue weighted by atomic mass is 10.2. The lowest BCUT2D eigenvalue weighted by Gasteiger charge is -2.19. The average molecular weight is 274 g/mol. The van der Waals surface area contributed by atoms with E-state index in [9.17, 15) is 0 Å². The largest absolute Gasteiger partial charge is 0.339 e. The summed E-state index contributed by atoms with van der Waals surface area (Å²) in [6, 6.07) is 4.13. The second kappa shape index (κ2) is 5.67. The second-order valence-electron chi connectivity index (χ2n) is 4.77. The third-order valence-electron chi connectivity index (χ3n) is 3.36. The minimum absolute atomic E-state index is 0.856. The van der Waals surface area contributed by atoms with Gasteiger partial charge in [-0.05, 0) is 43.0 Å². The maximum Gasteiger partial charge on any atom is 0.225 e. The molecule has 4 nitrogen and oxygen atoms in total. The molecule has 0 aliphatic carbocycles. The molecule has 3 heterocycles. The van der Waals surface area contributed by atoms with Gasteiger partial charge in [-0.15, -0.1) is 11.3 Å². The summed E-state index contributed by atoms with van der Waals surface area (Å²) in [6.45, 7) is 6.22. The van der Waals surface area contributed by atoms with Gasteiger partial charge in [-0.2, -0.15) is 0 Å². The predicted octanol–water partition coefficient (Wildman–Crippen LogP) is 2.31. The molecule has 1 fully saturated rings. The first-order valence-corrected chi connectivity index (χ1v) is 7.56. The lowest BCUT2D eigenvalue weighted by molar-refractivity contribution is 0.724. The van der Waals surface area contributed by atoms with Crippen molar-refractivity contribution in [2.24, 2.45) is 0 Å². The summed E-state index contributed by atoms with van der Waals surface area (Å²) in [6.07, 6.45) is 3.01. The number of thiophene rings is 1. The Labute approximate surface area is 117 Å². The van der Waals surface area contributed by atoms with Crippen LogP contribution in [0, 0.1) is 6.92 Å². The van der Waals surface area contributed by atoms with Crippen molar-refractivity contribution < 1.29 is 0 Å². The van der Waals surface area contributed by atoms with Crippen LogP contribution in [0.4, 0.5) is 5.95 Å². The van der Waals surface area contributed by atoms with E-state index in [0.29, 0.717) is 0 Å². The average Bonchev–Trinajstić information content (AvgIpc) is 2.71. The van der Waals surface area contributed by atoms with E-state index in [-0.39, 0.29) is 0 Å². The van der Waals surface area contributed by atoms with Crippen molar-refractivity contribution in [1.29, 1.82) is 0 Å². The number of anilines is 1. The monoisotopic (exact) mass is 274 g/mol. The van der Waals surface area contributed by atoms with Crippen LogP contribution in [-0.2, 0) is 0 Å². The minimum Gasteiger partial charge on any atom is -0.339 e. The van der Waals surface area contributed by atoms with Crippen LogP contribution in [0.15, 0.2) is 23.7 Å². The number of aryl methyl sites for hydroxylation is 1. The molecule has 0 saturated carbocycles. The Morgan fingerprint density at radius 3 is 3.05 bits per heavy atom. The number of hydrogen-bond acceptors (Lipinski definition) is 5. The van der Waals surface area contributed by atoms with Crippen LogP contribution in [0.1, 0.15) is 12.0 Å². The number of nitrogens with one attached hydrogen (secondary N) is 1. The highest BCUT2D eigenvalue weighted by atomic mass is 32.1. The molecule has 100 valence electrons. The molecule has 0 aromatic carbocycles. The van der Waals surface area contributed by atoms with Crippen molar-refractivity contribution in [3.8, 4) is 10.6 Å². The van der Waals surface area contributed by atoms with E-state index in [1.165, 1.54) is 10.4 Å². The molecule has 0 amide bonds. The summed E-state index contributed by atoms with van der Waals surface area (Å²) < 4.78 is 0. The van der Waals surface area contributed by atoms with Gasteiger partial charge in [0.1, 0.15) is 0 Å². The molecule has 0 atom stereocenters. The SMILES string of the molecule is Cc1ccsc1-c1ccnc(N2CCCNCC2)n1. The maximum absolute atomic E-state index is 4.74. The van der Waals surface area contributed by atoms with E-state index in [2.05, 4.69) is 33.6 Å². The lowest BCUT2D eigenvalue weighted by Crippen LogP contribution is -2.29. The van der Waals surface area contributed by atoms with Crippen LogP contribution in [0.5, 0.6) is 0 Å². The number of hydrogen-bond donors (Lipinski definition) is 1. The van der Waals surface area contributed by atoms with Crippen LogP contribution in [0.25, 0.3) is 10.6 Å². The fourth-order valence-electron chi connectivity index (χ4n) is 2.31. The van der Waals surface area contributed by atoms with Crippen molar-refractivity contribution in [3.05, 3.63) is 29.3 Å². The van der Waals surface area contributed by atoms with Gasteiger partial charge in [-0.1, -0.05) is 0 Å².